The van der Waals surface area contributed by atoms with Gasteiger partial charge in [0, 0.05) is 18.2 Å². The van der Waals surface area contributed by atoms with Gasteiger partial charge >= 0.3 is 6.18 Å². The number of rotatable bonds is 4. The number of methoxy groups -OCH3 is 1. The van der Waals surface area contributed by atoms with Crippen molar-refractivity contribution < 1.29 is 43.2 Å². The van der Waals surface area contributed by atoms with Gasteiger partial charge in [0.2, 0.25) is 5.91 Å². The summed E-state index contributed by atoms with van der Waals surface area (Å²) in [6.45, 7) is 4.13. The highest BCUT2D eigenvalue weighted by molar-refractivity contribution is 5.82. The van der Waals surface area contributed by atoms with E-state index in [0.717, 1.165) is 62.4 Å². The van der Waals surface area contributed by atoms with Crippen LogP contribution in [0.4, 0.5) is 13.2 Å². The third-order valence-corrected chi connectivity index (χ3v) is 10.5. The molecular formula is C34H42F3N4O4+. The number of nitriles is 1. The maximum Gasteiger partial charge on any atom is 0.430 e. The molecule has 3 fully saturated rings. The molecule has 0 radical (unpaired) electrons. The first-order valence-corrected chi connectivity index (χ1v) is 16.0. The summed E-state index contributed by atoms with van der Waals surface area (Å²) >= 11 is 0. The van der Waals surface area contributed by atoms with Gasteiger partial charge in [-0.15, -0.1) is 0 Å². The minimum atomic E-state index is -5.19. The van der Waals surface area contributed by atoms with E-state index in [1.54, 1.807) is 7.11 Å². The van der Waals surface area contributed by atoms with Crippen LogP contribution in [0.2, 0.25) is 0 Å². The van der Waals surface area contributed by atoms with Crippen LogP contribution in [0.5, 0.6) is 5.75 Å². The molecule has 4 aliphatic rings. The summed E-state index contributed by atoms with van der Waals surface area (Å²) in [7, 11) is 1.71. The minimum Gasteiger partial charge on any atom is -0.542 e. The number of nitrogens with zero attached hydrogens (tertiary/aromatic N) is 2. The first-order valence-electron chi connectivity index (χ1n) is 16.0. The maximum atomic E-state index is 14.7. The second-order valence-corrected chi connectivity index (χ2v) is 12.8. The number of carbonyl (C=O) groups is 2. The molecule has 4 N–H and O–H groups in total. The van der Waals surface area contributed by atoms with Crippen molar-refractivity contribution in [3.63, 3.8) is 0 Å². The number of carbonyl (C=O) groups excluding carboxylic acids is 2. The number of fused-ring (bicyclic) bond motifs is 2. The summed E-state index contributed by atoms with van der Waals surface area (Å²) < 4.78 is 37.3. The number of likely N-dealkylation sites (tertiary alicyclic amines) is 1. The lowest BCUT2D eigenvalue weighted by Gasteiger charge is -2.47. The number of ether oxygens (including phenoxy) is 1. The summed E-state index contributed by atoms with van der Waals surface area (Å²) in [6.07, 6.45) is 3.29. The number of halogens is 3. The number of quaternary nitrogens is 2. The van der Waals surface area contributed by atoms with E-state index in [1.165, 1.54) is 37.7 Å². The lowest BCUT2D eigenvalue weighted by atomic mass is 9.66. The molecule has 2 aromatic carbocycles. The molecule has 3 aliphatic heterocycles. The predicted octanol–water partition coefficient (Wildman–Crippen LogP) is 1.73. The average molecular weight is 628 g/mol. The third-order valence-electron chi connectivity index (χ3n) is 10.5. The number of alkyl halides is 3. The van der Waals surface area contributed by atoms with Crippen LogP contribution in [0.1, 0.15) is 73.1 Å². The molecule has 45 heavy (non-hydrogen) atoms. The zero-order chi connectivity index (χ0) is 32.2. The Balaban J connectivity index is 0.000000515. The molecule has 3 heterocycles. The average Bonchev–Trinajstić information content (AvgIpc) is 3.47. The summed E-state index contributed by atoms with van der Waals surface area (Å²) in [4.78, 5) is 25.8. The zero-order valence-corrected chi connectivity index (χ0v) is 25.7. The largest absolute Gasteiger partial charge is 0.542 e. The van der Waals surface area contributed by atoms with Gasteiger partial charge in [0.1, 0.15) is 29.6 Å². The van der Waals surface area contributed by atoms with Crippen LogP contribution in [-0.2, 0) is 21.5 Å². The Morgan fingerprint density at radius 1 is 1.04 bits per heavy atom. The molecule has 1 spiro atoms. The number of piperidine rings is 1. The predicted molar refractivity (Wildman–Crippen MR) is 157 cm³/mol. The van der Waals surface area contributed by atoms with Crippen LogP contribution in [0.15, 0.2) is 42.5 Å². The standard InChI is InChI=1S/C32H40N4O2.C2HF3O2/c1-38-29-13-12-25(17-33)30-26(29)18-34-20-32(30)21-35-19-27(32)31(37)36-15-14-24(22-8-4-2-5-9-22)16-28(36)23-10-6-3-7-11-23;3-2(4,5)1(6)7/h2,4-5,8-9,12-13,23-24,27-28,34-35H,3,6-7,10-11,14-16,18-21H2,1H3;(H,6,7)/p+1/t24-,27?,28+,32-;/m1./s1. The van der Waals surface area contributed by atoms with Crippen molar-refractivity contribution in [3.05, 3.63) is 64.7 Å². The van der Waals surface area contributed by atoms with Crippen LogP contribution in [0.3, 0.4) is 0 Å². The summed E-state index contributed by atoms with van der Waals surface area (Å²) in [5.74, 6) is -0.830. The van der Waals surface area contributed by atoms with Gasteiger partial charge in [-0.25, -0.2) is 0 Å². The van der Waals surface area contributed by atoms with Gasteiger partial charge < -0.3 is 30.2 Å². The van der Waals surface area contributed by atoms with Crippen molar-refractivity contribution in [1.82, 2.24) is 4.90 Å². The van der Waals surface area contributed by atoms with Crippen molar-refractivity contribution >= 4 is 11.9 Å². The molecule has 2 saturated heterocycles. The molecule has 1 unspecified atom stereocenters. The fourth-order valence-corrected chi connectivity index (χ4v) is 8.44. The third kappa shape index (κ3) is 6.68. The monoisotopic (exact) mass is 627 g/mol. The zero-order valence-electron chi connectivity index (χ0n) is 25.7. The topological polar surface area (TPSA) is 127 Å². The fourth-order valence-electron chi connectivity index (χ4n) is 8.44. The van der Waals surface area contributed by atoms with Crippen molar-refractivity contribution in [3.8, 4) is 11.8 Å². The highest BCUT2D eigenvalue weighted by atomic mass is 19.4. The van der Waals surface area contributed by atoms with Gasteiger partial charge in [-0.05, 0) is 55.2 Å². The van der Waals surface area contributed by atoms with E-state index in [0.29, 0.717) is 29.3 Å². The molecule has 0 aromatic heterocycles. The Hall–Kier alpha value is -3.62. The Kier molecular flexibility index (Phi) is 10.0. The van der Waals surface area contributed by atoms with Gasteiger partial charge in [0.05, 0.1) is 43.9 Å². The molecule has 1 amide bonds. The number of benzene rings is 2. The number of carboxylic acid groups (broad SMARTS) is 1. The van der Waals surface area contributed by atoms with Gasteiger partial charge in [-0.3, -0.25) is 4.79 Å². The summed E-state index contributed by atoms with van der Waals surface area (Å²) in [5.41, 5.74) is 4.00. The number of carboxylic acids is 1. The Morgan fingerprint density at radius 2 is 1.73 bits per heavy atom. The Morgan fingerprint density at radius 3 is 2.38 bits per heavy atom. The number of hydrogen-bond acceptors (Lipinski definition) is 5. The molecule has 1 saturated carbocycles. The molecule has 0 bridgehead atoms. The fraction of sp³-hybridized carbons (Fsp3) is 0.559. The Labute approximate surface area is 261 Å². The van der Waals surface area contributed by atoms with Crippen molar-refractivity contribution in [2.24, 2.45) is 11.8 Å². The second kappa shape index (κ2) is 13.8. The quantitative estimate of drug-likeness (QED) is 0.534. The summed E-state index contributed by atoms with van der Waals surface area (Å²) in [6, 6.07) is 17.6. The van der Waals surface area contributed by atoms with Crippen LogP contribution in [-0.4, -0.2) is 62.3 Å². The molecular weight excluding hydrogens is 585 g/mol. The van der Waals surface area contributed by atoms with Gasteiger partial charge in [0.15, 0.2) is 0 Å². The molecule has 6 rings (SSSR count). The number of nitrogens with two attached hydrogens (primary N) is 2. The van der Waals surface area contributed by atoms with Gasteiger partial charge in [-0.1, -0.05) is 49.6 Å². The van der Waals surface area contributed by atoms with Crippen LogP contribution in [0.25, 0.3) is 0 Å². The molecule has 11 heteroatoms. The van der Waals surface area contributed by atoms with E-state index < -0.39 is 12.1 Å². The highest BCUT2D eigenvalue weighted by Gasteiger charge is 2.58. The van der Waals surface area contributed by atoms with Crippen LogP contribution in [0, 0.1) is 23.2 Å². The second-order valence-electron chi connectivity index (χ2n) is 12.8. The minimum absolute atomic E-state index is 0.114. The molecule has 1 aliphatic carbocycles. The van der Waals surface area contributed by atoms with E-state index in [4.69, 9.17) is 14.6 Å². The lowest BCUT2D eigenvalue weighted by molar-refractivity contribution is -0.691. The van der Waals surface area contributed by atoms with Crippen molar-refractivity contribution in [2.45, 2.75) is 75.0 Å². The van der Waals surface area contributed by atoms with Crippen molar-refractivity contribution in [1.29, 1.82) is 5.26 Å². The normalized spacial score (nSPS) is 26.7. The Bertz CT molecular complexity index is 1410. The molecule has 8 nitrogen and oxygen atoms in total. The van der Waals surface area contributed by atoms with E-state index in [2.05, 4.69) is 51.9 Å². The highest BCUT2D eigenvalue weighted by Crippen LogP contribution is 2.45. The first kappa shape index (κ1) is 32.8. The van der Waals surface area contributed by atoms with E-state index >= 15 is 0 Å². The smallest absolute Gasteiger partial charge is 0.430 e. The first-order chi connectivity index (χ1) is 21.6. The molecule has 4 atom stereocenters. The molecule has 2 aromatic rings. The van der Waals surface area contributed by atoms with E-state index in [9.17, 15) is 23.2 Å². The SMILES string of the molecule is COc1ccc(C#N)c2c1C[NH2+]C[C@]21C[NH2+]CC1C(=O)N1CC[C@@H](c2ccccc2)C[C@H]1C1CCCCC1.O=C([O-])C(F)(F)F. The molecule has 242 valence electrons. The lowest BCUT2D eigenvalue weighted by Crippen LogP contribution is -2.91. The summed E-state index contributed by atoms with van der Waals surface area (Å²) in [5, 5.41) is 23.5. The maximum absolute atomic E-state index is 14.7. The van der Waals surface area contributed by atoms with Gasteiger partial charge in [-0.2, -0.15) is 18.4 Å². The number of amides is 1. The van der Waals surface area contributed by atoms with E-state index in [1.807, 2.05) is 12.1 Å². The van der Waals surface area contributed by atoms with Crippen LogP contribution < -0.4 is 20.5 Å². The van der Waals surface area contributed by atoms with E-state index in [-0.39, 0.29) is 11.3 Å². The number of aliphatic carboxylic acids is 1. The number of hydrogen-bond donors (Lipinski definition) is 2. The van der Waals surface area contributed by atoms with Crippen LogP contribution >= 0.6 is 0 Å². The van der Waals surface area contributed by atoms with Crippen molar-refractivity contribution in [2.75, 3.05) is 33.3 Å². The van der Waals surface area contributed by atoms with Gasteiger partial charge in [0.25, 0.3) is 0 Å².